The fourth-order valence-corrected chi connectivity index (χ4v) is 2.60. The zero-order valence-electron chi connectivity index (χ0n) is 12.9. The van der Waals surface area contributed by atoms with Crippen LogP contribution in [0.1, 0.15) is 18.9 Å². The van der Waals surface area contributed by atoms with Crippen molar-refractivity contribution in [3.8, 4) is 0 Å². The van der Waals surface area contributed by atoms with Crippen molar-refractivity contribution in [2.75, 3.05) is 5.32 Å². The van der Waals surface area contributed by atoms with Gasteiger partial charge in [0, 0.05) is 18.7 Å². The van der Waals surface area contributed by atoms with Crippen LogP contribution >= 0.6 is 0 Å². The average Bonchev–Trinajstić information content (AvgIpc) is 2.88. The molecular formula is C18H18N2O3. The third-order valence-corrected chi connectivity index (χ3v) is 3.81. The molecule has 0 fully saturated rings. The molecule has 0 aliphatic heterocycles. The maximum Gasteiger partial charge on any atom is 0.419 e. The van der Waals surface area contributed by atoms with E-state index in [2.05, 4.69) is 5.32 Å². The summed E-state index contributed by atoms with van der Waals surface area (Å²) in [5, 5.41) is 2.91. The van der Waals surface area contributed by atoms with Gasteiger partial charge in [-0.3, -0.25) is 9.36 Å². The predicted octanol–water partition coefficient (Wildman–Crippen LogP) is 3.19. The summed E-state index contributed by atoms with van der Waals surface area (Å²) < 4.78 is 6.65. The molecule has 0 aliphatic carbocycles. The van der Waals surface area contributed by atoms with Crippen LogP contribution < -0.4 is 11.1 Å². The summed E-state index contributed by atoms with van der Waals surface area (Å²) in [6.45, 7) is 2.33. The molecule has 5 nitrogen and oxygen atoms in total. The van der Waals surface area contributed by atoms with Crippen molar-refractivity contribution < 1.29 is 9.21 Å². The third kappa shape index (κ3) is 3.18. The predicted molar refractivity (Wildman–Crippen MR) is 89.5 cm³/mol. The van der Waals surface area contributed by atoms with Gasteiger partial charge in [-0.25, -0.2) is 4.79 Å². The summed E-state index contributed by atoms with van der Waals surface area (Å²) in [4.78, 5) is 24.0. The van der Waals surface area contributed by atoms with Crippen molar-refractivity contribution in [1.29, 1.82) is 0 Å². The van der Waals surface area contributed by atoms with Crippen molar-refractivity contribution in [1.82, 2.24) is 4.57 Å². The number of carbonyl (C=O) groups excluding carboxylic acids is 1. The molecule has 3 rings (SSSR count). The van der Waals surface area contributed by atoms with E-state index in [0.717, 1.165) is 17.7 Å². The van der Waals surface area contributed by atoms with Crippen LogP contribution in [0.25, 0.3) is 11.1 Å². The molecular weight excluding hydrogens is 292 g/mol. The lowest BCUT2D eigenvalue weighted by Crippen LogP contribution is -2.20. The fraction of sp³-hybridized carbons (Fsp3) is 0.222. The van der Waals surface area contributed by atoms with Crippen LogP contribution in [0.5, 0.6) is 0 Å². The number of benzene rings is 2. The number of carbonyl (C=O) groups is 1. The molecule has 0 saturated carbocycles. The first-order valence-electron chi connectivity index (χ1n) is 7.65. The molecule has 3 aromatic rings. The minimum Gasteiger partial charge on any atom is -0.408 e. The van der Waals surface area contributed by atoms with Crippen molar-refractivity contribution in [2.45, 2.75) is 26.3 Å². The van der Waals surface area contributed by atoms with Gasteiger partial charge in [0.15, 0.2) is 5.58 Å². The Hall–Kier alpha value is -2.82. The number of hydrogen-bond donors (Lipinski definition) is 1. The van der Waals surface area contributed by atoms with Gasteiger partial charge in [0.1, 0.15) is 0 Å². The number of rotatable bonds is 5. The average molecular weight is 310 g/mol. The van der Waals surface area contributed by atoms with Crippen LogP contribution in [0.4, 0.5) is 5.69 Å². The van der Waals surface area contributed by atoms with Crippen LogP contribution in [0.2, 0.25) is 0 Å². The van der Waals surface area contributed by atoms with E-state index in [1.807, 2.05) is 49.4 Å². The van der Waals surface area contributed by atoms with Crippen LogP contribution in [0.3, 0.4) is 0 Å². The van der Waals surface area contributed by atoms with Gasteiger partial charge in [0.05, 0.1) is 5.52 Å². The largest absolute Gasteiger partial charge is 0.419 e. The first-order valence-corrected chi connectivity index (χ1v) is 7.65. The number of hydrogen-bond acceptors (Lipinski definition) is 3. The first-order chi connectivity index (χ1) is 11.2. The Kier molecular flexibility index (Phi) is 4.28. The fourth-order valence-electron chi connectivity index (χ4n) is 2.60. The van der Waals surface area contributed by atoms with Gasteiger partial charge in [-0.2, -0.15) is 0 Å². The Morgan fingerprint density at radius 1 is 1.13 bits per heavy atom. The Morgan fingerprint density at radius 2 is 1.87 bits per heavy atom. The summed E-state index contributed by atoms with van der Waals surface area (Å²) in [5.41, 5.74) is 3.16. The van der Waals surface area contributed by atoms with Crippen molar-refractivity contribution in [2.24, 2.45) is 0 Å². The summed E-state index contributed by atoms with van der Waals surface area (Å²) in [5.74, 6) is -0.559. The van der Waals surface area contributed by atoms with Crippen LogP contribution in [0.15, 0.2) is 57.7 Å². The molecule has 0 saturated heterocycles. The van der Waals surface area contributed by atoms with E-state index in [1.165, 1.54) is 4.57 Å². The summed E-state index contributed by atoms with van der Waals surface area (Å²) >= 11 is 0. The van der Waals surface area contributed by atoms with Crippen molar-refractivity contribution in [3.05, 3.63) is 64.6 Å². The van der Waals surface area contributed by atoms with Gasteiger partial charge in [-0.15, -0.1) is 0 Å². The second-order valence-corrected chi connectivity index (χ2v) is 5.30. The van der Waals surface area contributed by atoms with Crippen molar-refractivity contribution in [3.63, 3.8) is 0 Å². The van der Waals surface area contributed by atoms with Gasteiger partial charge in [-0.05, 0) is 30.2 Å². The van der Waals surface area contributed by atoms with Gasteiger partial charge >= 0.3 is 5.76 Å². The normalized spacial score (nSPS) is 10.8. The Balaban J connectivity index is 1.71. The number of aryl methyl sites for hydroxylation is 2. The summed E-state index contributed by atoms with van der Waals surface area (Å²) in [7, 11) is 0. The highest BCUT2D eigenvalue weighted by molar-refractivity contribution is 5.91. The number of oxazole rings is 1. The third-order valence-electron chi connectivity index (χ3n) is 3.81. The molecule has 5 heteroatoms. The molecule has 0 atom stereocenters. The maximum atomic E-state index is 12.2. The monoisotopic (exact) mass is 310 g/mol. The smallest absolute Gasteiger partial charge is 0.408 e. The molecule has 1 N–H and O–H groups in total. The molecule has 1 heterocycles. The van der Waals surface area contributed by atoms with Crippen LogP contribution in [-0.4, -0.2) is 10.5 Å². The Bertz CT molecular complexity index is 892. The molecule has 0 spiro atoms. The second-order valence-electron chi connectivity index (χ2n) is 5.30. The first kappa shape index (κ1) is 15.1. The lowest BCUT2D eigenvalue weighted by molar-refractivity contribution is -0.116. The lowest BCUT2D eigenvalue weighted by atomic mass is 10.1. The number of nitrogens with one attached hydrogen (secondary N) is 1. The minimum atomic E-state index is -0.437. The Labute approximate surface area is 133 Å². The van der Waals surface area contributed by atoms with E-state index >= 15 is 0 Å². The van der Waals surface area contributed by atoms with E-state index in [9.17, 15) is 9.59 Å². The zero-order chi connectivity index (χ0) is 16.2. The molecule has 0 unspecified atom stereocenters. The highest BCUT2D eigenvalue weighted by Crippen LogP contribution is 2.16. The van der Waals surface area contributed by atoms with Gasteiger partial charge in [-0.1, -0.05) is 37.3 Å². The van der Waals surface area contributed by atoms with Crippen LogP contribution in [0, 0.1) is 0 Å². The SMILES string of the molecule is CCc1ccccc1NC(=O)CCn1c(=O)oc2ccccc21. The maximum absolute atomic E-state index is 12.2. The number of amides is 1. The number of fused-ring (bicyclic) bond motifs is 1. The number of nitrogens with zero attached hydrogens (tertiary/aromatic N) is 1. The van der Waals surface area contributed by atoms with Gasteiger partial charge < -0.3 is 9.73 Å². The van der Waals surface area contributed by atoms with E-state index in [0.29, 0.717) is 11.1 Å². The van der Waals surface area contributed by atoms with Crippen LogP contribution in [-0.2, 0) is 17.8 Å². The highest BCUT2D eigenvalue weighted by Gasteiger charge is 2.11. The van der Waals surface area contributed by atoms with Crippen molar-refractivity contribution >= 4 is 22.7 Å². The molecule has 23 heavy (non-hydrogen) atoms. The number of anilines is 1. The summed E-state index contributed by atoms with van der Waals surface area (Å²) in [6.07, 6.45) is 1.06. The zero-order valence-corrected chi connectivity index (χ0v) is 12.9. The second kappa shape index (κ2) is 6.52. The molecule has 0 aliphatic rings. The molecule has 1 amide bonds. The highest BCUT2D eigenvalue weighted by atomic mass is 16.4. The molecule has 0 bridgehead atoms. The van der Waals surface area contributed by atoms with E-state index in [-0.39, 0.29) is 18.9 Å². The van der Waals surface area contributed by atoms with E-state index in [1.54, 1.807) is 6.07 Å². The van der Waals surface area contributed by atoms with E-state index < -0.39 is 5.76 Å². The lowest BCUT2D eigenvalue weighted by Gasteiger charge is -2.09. The molecule has 0 radical (unpaired) electrons. The Morgan fingerprint density at radius 3 is 2.70 bits per heavy atom. The summed E-state index contributed by atoms with van der Waals surface area (Å²) in [6, 6.07) is 14.9. The van der Waals surface area contributed by atoms with E-state index in [4.69, 9.17) is 4.42 Å². The molecule has 1 aromatic heterocycles. The standard InChI is InChI=1S/C18H18N2O3/c1-2-13-7-3-4-8-14(13)19-17(21)11-12-20-15-9-5-6-10-16(15)23-18(20)22/h3-10H,2,11-12H2,1H3,(H,19,21). The molecule has 2 aromatic carbocycles. The van der Waals surface area contributed by atoms with Gasteiger partial charge in [0.2, 0.25) is 5.91 Å². The number of aromatic nitrogens is 1. The van der Waals surface area contributed by atoms with Gasteiger partial charge in [0.25, 0.3) is 0 Å². The quantitative estimate of drug-likeness (QED) is 0.787. The topological polar surface area (TPSA) is 64.2 Å². The minimum absolute atomic E-state index is 0.122. The molecule has 118 valence electrons. The number of para-hydroxylation sites is 3.